The van der Waals surface area contributed by atoms with E-state index in [2.05, 4.69) is 24.1 Å². The molecule has 0 saturated heterocycles. The minimum Gasteiger partial charge on any atom is -0.492 e. The summed E-state index contributed by atoms with van der Waals surface area (Å²) in [6, 6.07) is 10.3. The van der Waals surface area contributed by atoms with Crippen molar-refractivity contribution in [2.45, 2.75) is 20.4 Å². The normalized spacial score (nSPS) is 10.8. The van der Waals surface area contributed by atoms with Crippen molar-refractivity contribution >= 4 is 5.91 Å². The van der Waals surface area contributed by atoms with E-state index in [1.165, 1.54) is 0 Å². The first-order chi connectivity index (χ1) is 12.5. The number of likely N-dealkylation sites (N-methyl/N-ethyl adjacent to an activating group) is 1. The number of halogens is 2. The lowest BCUT2D eigenvalue weighted by atomic mass is 10.1. The first-order valence-corrected chi connectivity index (χ1v) is 8.71. The molecule has 0 aromatic heterocycles. The van der Waals surface area contributed by atoms with Crippen LogP contribution in [0, 0.1) is 11.6 Å². The summed E-state index contributed by atoms with van der Waals surface area (Å²) < 4.78 is 32.5. The molecule has 0 heterocycles. The number of amides is 1. The molecule has 0 spiro atoms. The molecule has 1 N–H and O–H groups in total. The fourth-order valence-corrected chi connectivity index (χ4v) is 2.56. The van der Waals surface area contributed by atoms with Gasteiger partial charge < -0.3 is 15.0 Å². The highest BCUT2D eigenvalue weighted by Gasteiger charge is 2.13. The van der Waals surface area contributed by atoms with Crippen LogP contribution in [0.1, 0.15) is 29.8 Å². The number of carbonyl (C=O) groups is 1. The predicted octanol–water partition coefficient (Wildman–Crippen LogP) is 3.62. The van der Waals surface area contributed by atoms with Gasteiger partial charge in [-0.15, -0.1) is 0 Å². The average Bonchev–Trinajstić information content (AvgIpc) is 2.64. The van der Waals surface area contributed by atoms with Gasteiger partial charge in [0.1, 0.15) is 24.0 Å². The Morgan fingerprint density at radius 2 is 1.85 bits per heavy atom. The summed E-state index contributed by atoms with van der Waals surface area (Å²) in [5, 5.41) is 2.65. The smallest absolute Gasteiger partial charge is 0.254 e. The molecule has 6 heteroatoms. The number of nitrogens with one attached hydrogen (secondary N) is 1. The molecule has 2 aromatic carbocycles. The van der Waals surface area contributed by atoms with Crippen molar-refractivity contribution in [3.05, 3.63) is 65.2 Å². The monoisotopic (exact) mass is 362 g/mol. The van der Waals surface area contributed by atoms with E-state index in [1.54, 1.807) is 0 Å². The highest BCUT2D eigenvalue weighted by Crippen LogP contribution is 2.18. The second-order valence-corrected chi connectivity index (χ2v) is 5.79. The van der Waals surface area contributed by atoms with Crippen molar-refractivity contribution in [3.8, 4) is 5.75 Å². The zero-order chi connectivity index (χ0) is 18.9. The fraction of sp³-hybridized carbons (Fsp3) is 0.350. The lowest BCUT2D eigenvalue weighted by molar-refractivity contribution is 0.0946. The van der Waals surface area contributed by atoms with E-state index in [0.717, 1.165) is 37.3 Å². The van der Waals surface area contributed by atoms with Crippen LogP contribution < -0.4 is 10.1 Å². The molecule has 0 saturated carbocycles. The van der Waals surface area contributed by atoms with Gasteiger partial charge in [-0.2, -0.15) is 0 Å². The quantitative estimate of drug-likeness (QED) is 0.741. The average molecular weight is 362 g/mol. The third kappa shape index (κ3) is 5.52. The zero-order valence-corrected chi connectivity index (χ0v) is 15.1. The third-order valence-electron chi connectivity index (χ3n) is 4.15. The fourth-order valence-electron chi connectivity index (χ4n) is 2.56. The lowest BCUT2D eigenvalue weighted by Crippen LogP contribution is -2.28. The molecule has 4 nitrogen and oxygen atoms in total. The Kier molecular flexibility index (Phi) is 7.53. The van der Waals surface area contributed by atoms with E-state index in [4.69, 9.17) is 4.74 Å². The molecular weight excluding hydrogens is 338 g/mol. The topological polar surface area (TPSA) is 41.6 Å². The Hall–Kier alpha value is -2.47. The van der Waals surface area contributed by atoms with Gasteiger partial charge in [-0.05, 0) is 31.3 Å². The highest BCUT2D eigenvalue weighted by molar-refractivity contribution is 5.94. The van der Waals surface area contributed by atoms with Crippen LogP contribution in [-0.2, 0) is 6.54 Å². The van der Waals surface area contributed by atoms with E-state index in [-0.39, 0.29) is 12.1 Å². The second kappa shape index (κ2) is 9.87. The molecule has 0 unspecified atom stereocenters. The van der Waals surface area contributed by atoms with Crippen LogP contribution in [0.3, 0.4) is 0 Å². The Labute approximate surface area is 152 Å². The molecule has 0 radical (unpaired) electrons. The van der Waals surface area contributed by atoms with Gasteiger partial charge in [0.05, 0.1) is 5.56 Å². The first-order valence-electron chi connectivity index (χ1n) is 8.71. The summed E-state index contributed by atoms with van der Waals surface area (Å²) in [5.74, 6) is -1.52. The summed E-state index contributed by atoms with van der Waals surface area (Å²) in [4.78, 5) is 14.4. The third-order valence-corrected chi connectivity index (χ3v) is 4.15. The van der Waals surface area contributed by atoms with Gasteiger partial charge in [0.15, 0.2) is 0 Å². The Bertz CT molecular complexity index is 734. The number of ether oxygens (including phenoxy) is 1. The Morgan fingerprint density at radius 3 is 2.54 bits per heavy atom. The molecular formula is C20H24F2N2O2. The van der Waals surface area contributed by atoms with E-state index >= 15 is 0 Å². The van der Waals surface area contributed by atoms with Crippen LogP contribution in [-0.4, -0.2) is 37.0 Å². The maximum absolute atomic E-state index is 13.7. The van der Waals surface area contributed by atoms with Gasteiger partial charge in [0.25, 0.3) is 5.91 Å². The summed E-state index contributed by atoms with van der Waals surface area (Å²) in [6.45, 7) is 7.66. The minimum atomic E-state index is -0.883. The molecule has 0 aliphatic rings. The SMILES string of the molecule is CCN(CC)CCOc1ccccc1CNC(=O)c1ccc(F)cc1F. The van der Waals surface area contributed by atoms with Gasteiger partial charge in [-0.25, -0.2) is 8.78 Å². The van der Waals surface area contributed by atoms with Crippen LogP contribution in [0.5, 0.6) is 5.75 Å². The number of carbonyl (C=O) groups excluding carboxylic acids is 1. The van der Waals surface area contributed by atoms with Crippen molar-refractivity contribution in [3.63, 3.8) is 0 Å². The van der Waals surface area contributed by atoms with Crippen LogP contribution in [0.4, 0.5) is 8.78 Å². The number of para-hydroxylation sites is 1. The number of hydrogen-bond acceptors (Lipinski definition) is 3. The molecule has 0 atom stereocenters. The molecule has 0 aliphatic heterocycles. The zero-order valence-electron chi connectivity index (χ0n) is 15.1. The molecule has 26 heavy (non-hydrogen) atoms. The number of rotatable bonds is 9. The van der Waals surface area contributed by atoms with E-state index in [9.17, 15) is 13.6 Å². The molecule has 140 valence electrons. The summed E-state index contributed by atoms with van der Waals surface area (Å²) in [5.41, 5.74) is 0.606. The molecule has 1 amide bonds. The first kappa shape index (κ1) is 19.8. The van der Waals surface area contributed by atoms with Crippen molar-refractivity contribution in [2.75, 3.05) is 26.2 Å². The number of benzene rings is 2. The van der Waals surface area contributed by atoms with Gasteiger partial charge in [0, 0.05) is 24.7 Å². The van der Waals surface area contributed by atoms with Crippen molar-refractivity contribution in [1.82, 2.24) is 10.2 Å². The molecule has 0 fully saturated rings. The van der Waals surface area contributed by atoms with Gasteiger partial charge in [0.2, 0.25) is 0 Å². The van der Waals surface area contributed by atoms with Crippen LogP contribution >= 0.6 is 0 Å². The maximum atomic E-state index is 13.7. The molecule has 0 aliphatic carbocycles. The van der Waals surface area contributed by atoms with E-state index < -0.39 is 17.5 Å². The lowest BCUT2D eigenvalue weighted by Gasteiger charge is -2.19. The van der Waals surface area contributed by atoms with E-state index in [1.807, 2.05) is 24.3 Å². The number of nitrogens with zero attached hydrogens (tertiary/aromatic N) is 1. The Balaban J connectivity index is 1.96. The molecule has 2 rings (SSSR count). The predicted molar refractivity (Wildman–Crippen MR) is 97.3 cm³/mol. The van der Waals surface area contributed by atoms with Crippen LogP contribution in [0.25, 0.3) is 0 Å². The highest BCUT2D eigenvalue weighted by atomic mass is 19.1. The van der Waals surface area contributed by atoms with Gasteiger partial charge >= 0.3 is 0 Å². The minimum absolute atomic E-state index is 0.189. The molecule has 0 bridgehead atoms. The van der Waals surface area contributed by atoms with Crippen LogP contribution in [0.15, 0.2) is 42.5 Å². The van der Waals surface area contributed by atoms with Crippen LogP contribution in [0.2, 0.25) is 0 Å². The van der Waals surface area contributed by atoms with Crippen molar-refractivity contribution < 1.29 is 18.3 Å². The van der Waals surface area contributed by atoms with E-state index in [0.29, 0.717) is 18.4 Å². The standard InChI is InChI=1S/C20H24F2N2O2/c1-3-24(4-2)11-12-26-19-8-6-5-7-15(19)14-23-20(25)17-10-9-16(21)13-18(17)22/h5-10,13H,3-4,11-12,14H2,1-2H3,(H,23,25). The maximum Gasteiger partial charge on any atom is 0.254 e. The second-order valence-electron chi connectivity index (χ2n) is 5.79. The largest absolute Gasteiger partial charge is 0.492 e. The summed E-state index contributed by atoms with van der Waals surface area (Å²) in [6.07, 6.45) is 0. The summed E-state index contributed by atoms with van der Waals surface area (Å²) >= 11 is 0. The van der Waals surface area contributed by atoms with Crippen molar-refractivity contribution in [1.29, 1.82) is 0 Å². The number of hydrogen-bond donors (Lipinski definition) is 1. The molecule has 2 aromatic rings. The Morgan fingerprint density at radius 1 is 1.12 bits per heavy atom. The summed E-state index contributed by atoms with van der Waals surface area (Å²) in [7, 11) is 0. The van der Waals surface area contributed by atoms with Gasteiger partial charge in [-0.3, -0.25) is 4.79 Å². The van der Waals surface area contributed by atoms with Gasteiger partial charge in [-0.1, -0.05) is 32.0 Å². The van der Waals surface area contributed by atoms with Crippen molar-refractivity contribution in [2.24, 2.45) is 0 Å².